The lowest BCUT2D eigenvalue weighted by atomic mass is 10.3. The molecule has 0 amide bonds. The summed E-state index contributed by atoms with van der Waals surface area (Å²) in [5.74, 6) is 1.12. The molecule has 0 fully saturated rings. The number of rotatable bonds is 4. The van der Waals surface area contributed by atoms with Gasteiger partial charge in [-0.25, -0.2) is 4.68 Å². The van der Waals surface area contributed by atoms with E-state index in [0.717, 1.165) is 18.5 Å². The van der Waals surface area contributed by atoms with Gasteiger partial charge >= 0.3 is 0 Å². The molecule has 0 saturated carbocycles. The lowest BCUT2D eigenvalue weighted by Crippen LogP contribution is -2.00. The van der Waals surface area contributed by atoms with Crippen LogP contribution < -0.4 is 0 Å². The predicted molar refractivity (Wildman–Crippen MR) is 52.2 cm³/mol. The molecule has 6 nitrogen and oxygen atoms in total. The molecule has 0 N–H and O–H groups in total. The largest absolute Gasteiger partial charge is 0.424 e. The standard InChI is InChI=1S/C9H13N5O/c1-3-4-8-5-14(13-11-8)6-9-12-10-7(2)15-9/h5H,3-4,6H2,1-2H3. The van der Waals surface area contributed by atoms with Gasteiger partial charge in [-0.2, -0.15) is 0 Å². The van der Waals surface area contributed by atoms with Crippen molar-refractivity contribution in [2.75, 3.05) is 0 Å². The van der Waals surface area contributed by atoms with Crippen molar-refractivity contribution in [3.8, 4) is 0 Å². The van der Waals surface area contributed by atoms with E-state index < -0.39 is 0 Å². The Kier molecular flexibility index (Phi) is 2.75. The molecule has 0 unspecified atom stereocenters. The first-order chi connectivity index (χ1) is 7.28. The summed E-state index contributed by atoms with van der Waals surface area (Å²) in [5, 5.41) is 15.6. The van der Waals surface area contributed by atoms with Crippen molar-refractivity contribution < 1.29 is 4.42 Å². The van der Waals surface area contributed by atoms with Gasteiger partial charge in [-0.3, -0.25) is 0 Å². The number of aromatic nitrogens is 5. The Morgan fingerprint density at radius 3 is 2.87 bits per heavy atom. The van der Waals surface area contributed by atoms with E-state index in [4.69, 9.17) is 4.42 Å². The van der Waals surface area contributed by atoms with Crippen molar-refractivity contribution in [3.05, 3.63) is 23.7 Å². The number of aryl methyl sites for hydroxylation is 2. The zero-order chi connectivity index (χ0) is 10.7. The molecular weight excluding hydrogens is 194 g/mol. The second-order valence-electron chi connectivity index (χ2n) is 3.37. The van der Waals surface area contributed by atoms with E-state index in [9.17, 15) is 0 Å². The third kappa shape index (κ3) is 2.39. The van der Waals surface area contributed by atoms with Gasteiger partial charge in [0.1, 0.15) is 6.54 Å². The van der Waals surface area contributed by atoms with Crippen LogP contribution in [0.4, 0.5) is 0 Å². The lowest BCUT2D eigenvalue weighted by Gasteiger charge is -1.92. The minimum atomic E-state index is 0.484. The van der Waals surface area contributed by atoms with Crippen molar-refractivity contribution in [1.82, 2.24) is 25.2 Å². The molecule has 80 valence electrons. The molecule has 0 saturated heterocycles. The number of nitrogens with zero attached hydrogens (tertiary/aromatic N) is 5. The Morgan fingerprint density at radius 1 is 1.33 bits per heavy atom. The first-order valence-electron chi connectivity index (χ1n) is 4.96. The highest BCUT2D eigenvalue weighted by molar-refractivity contribution is 4.93. The van der Waals surface area contributed by atoms with Gasteiger partial charge in [-0.15, -0.1) is 15.3 Å². The Labute approximate surface area is 87.3 Å². The van der Waals surface area contributed by atoms with Crippen LogP contribution in [0.25, 0.3) is 0 Å². The molecule has 15 heavy (non-hydrogen) atoms. The summed E-state index contributed by atoms with van der Waals surface area (Å²) >= 11 is 0. The summed E-state index contributed by atoms with van der Waals surface area (Å²) in [6, 6.07) is 0. The summed E-state index contributed by atoms with van der Waals surface area (Å²) in [5.41, 5.74) is 0.994. The molecule has 0 spiro atoms. The van der Waals surface area contributed by atoms with Crippen LogP contribution in [0.2, 0.25) is 0 Å². The Balaban J connectivity index is 2.04. The Hall–Kier alpha value is -1.72. The van der Waals surface area contributed by atoms with Gasteiger partial charge in [0.05, 0.1) is 5.69 Å². The maximum Gasteiger partial charge on any atom is 0.237 e. The lowest BCUT2D eigenvalue weighted by molar-refractivity contribution is 0.441. The molecular formula is C9H13N5O. The fourth-order valence-electron chi connectivity index (χ4n) is 1.33. The van der Waals surface area contributed by atoms with Crippen LogP contribution >= 0.6 is 0 Å². The minimum Gasteiger partial charge on any atom is -0.424 e. The third-order valence-electron chi connectivity index (χ3n) is 1.96. The van der Waals surface area contributed by atoms with Crippen molar-refractivity contribution in [2.45, 2.75) is 33.2 Å². The Bertz CT molecular complexity index is 433. The molecule has 0 aliphatic heterocycles. The van der Waals surface area contributed by atoms with Crippen LogP contribution in [-0.4, -0.2) is 25.2 Å². The molecule has 0 atom stereocenters. The van der Waals surface area contributed by atoms with E-state index >= 15 is 0 Å². The molecule has 6 heteroatoms. The average molecular weight is 207 g/mol. The van der Waals surface area contributed by atoms with Gasteiger partial charge in [-0.05, 0) is 6.42 Å². The van der Waals surface area contributed by atoms with E-state index in [2.05, 4.69) is 27.4 Å². The van der Waals surface area contributed by atoms with E-state index in [1.54, 1.807) is 11.6 Å². The second-order valence-corrected chi connectivity index (χ2v) is 3.37. The van der Waals surface area contributed by atoms with Crippen LogP contribution in [0.3, 0.4) is 0 Å². The fraction of sp³-hybridized carbons (Fsp3) is 0.556. The first-order valence-corrected chi connectivity index (χ1v) is 4.96. The van der Waals surface area contributed by atoms with Crippen LogP contribution in [-0.2, 0) is 13.0 Å². The monoisotopic (exact) mass is 207 g/mol. The maximum absolute atomic E-state index is 5.25. The van der Waals surface area contributed by atoms with Crippen LogP contribution in [0, 0.1) is 6.92 Å². The molecule has 0 radical (unpaired) electrons. The molecule has 0 aliphatic rings. The topological polar surface area (TPSA) is 69.6 Å². The molecule has 2 aromatic rings. The molecule has 0 aromatic carbocycles. The third-order valence-corrected chi connectivity index (χ3v) is 1.96. The van der Waals surface area contributed by atoms with Gasteiger partial charge in [0.25, 0.3) is 0 Å². The summed E-state index contributed by atoms with van der Waals surface area (Å²) in [7, 11) is 0. The van der Waals surface area contributed by atoms with Gasteiger partial charge in [-0.1, -0.05) is 18.6 Å². The van der Waals surface area contributed by atoms with Gasteiger partial charge < -0.3 is 4.42 Å². The fourth-order valence-corrected chi connectivity index (χ4v) is 1.33. The van der Waals surface area contributed by atoms with Crippen LogP contribution in [0.5, 0.6) is 0 Å². The highest BCUT2D eigenvalue weighted by atomic mass is 16.4. The molecule has 2 rings (SSSR count). The molecule has 2 aromatic heterocycles. The summed E-state index contributed by atoms with van der Waals surface area (Å²) in [4.78, 5) is 0. The summed E-state index contributed by atoms with van der Waals surface area (Å²) in [6.07, 6.45) is 3.92. The highest BCUT2D eigenvalue weighted by Crippen LogP contribution is 2.02. The van der Waals surface area contributed by atoms with Crippen molar-refractivity contribution in [1.29, 1.82) is 0 Å². The smallest absolute Gasteiger partial charge is 0.237 e. The van der Waals surface area contributed by atoms with E-state index in [1.807, 2.05) is 6.20 Å². The zero-order valence-electron chi connectivity index (χ0n) is 8.84. The first kappa shape index (κ1) is 9.82. The average Bonchev–Trinajstić information content (AvgIpc) is 2.78. The normalized spacial score (nSPS) is 10.8. The van der Waals surface area contributed by atoms with E-state index in [1.165, 1.54) is 0 Å². The Morgan fingerprint density at radius 2 is 2.20 bits per heavy atom. The summed E-state index contributed by atoms with van der Waals surface area (Å²) in [6.45, 7) is 4.36. The SMILES string of the molecule is CCCc1cn(Cc2nnc(C)o2)nn1. The number of hydrogen-bond donors (Lipinski definition) is 0. The molecule has 0 bridgehead atoms. The maximum atomic E-state index is 5.25. The van der Waals surface area contributed by atoms with Crippen molar-refractivity contribution in [2.24, 2.45) is 0 Å². The van der Waals surface area contributed by atoms with E-state index in [0.29, 0.717) is 18.3 Å². The van der Waals surface area contributed by atoms with Gasteiger partial charge in [0.15, 0.2) is 0 Å². The van der Waals surface area contributed by atoms with Gasteiger partial charge in [0, 0.05) is 13.1 Å². The van der Waals surface area contributed by atoms with Crippen LogP contribution in [0.1, 0.15) is 30.8 Å². The molecule has 0 aliphatic carbocycles. The van der Waals surface area contributed by atoms with Crippen LogP contribution in [0.15, 0.2) is 10.6 Å². The number of hydrogen-bond acceptors (Lipinski definition) is 5. The second kappa shape index (κ2) is 4.20. The van der Waals surface area contributed by atoms with E-state index in [-0.39, 0.29) is 0 Å². The quantitative estimate of drug-likeness (QED) is 0.747. The summed E-state index contributed by atoms with van der Waals surface area (Å²) < 4.78 is 6.95. The van der Waals surface area contributed by atoms with Crippen molar-refractivity contribution in [3.63, 3.8) is 0 Å². The van der Waals surface area contributed by atoms with Crippen molar-refractivity contribution >= 4 is 0 Å². The highest BCUT2D eigenvalue weighted by Gasteiger charge is 2.05. The molecule has 2 heterocycles. The zero-order valence-corrected chi connectivity index (χ0v) is 8.84. The van der Waals surface area contributed by atoms with Gasteiger partial charge in [0.2, 0.25) is 11.8 Å². The minimum absolute atomic E-state index is 0.484. The predicted octanol–water partition coefficient (Wildman–Crippen LogP) is 0.970.